The fourth-order valence-electron chi connectivity index (χ4n) is 0.826. The Bertz CT molecular complexity index is 174. The molecule has 0 spiro atoms. The summed E-state index contributed by atoms with van der Waals surface area (Å²) in [7, 11) is 0. The van der Waals surface area contributed by atoms with Crippen molar-refractivity contribution in [2.45, 2.75) is 19.1 Å². The molecule has 0 unspecified atom stereocenters. The van der Waals surface area contributed by atoms with Gasteiger partial charge < -0.3 is 4.74 Å². The van der Waals surface area contributed by atoms with Gasteiger partial charge in [0.15, 0.2) is 0 Å². The third-order valence-electron chi connectivity index (χ3n) is 1.26. The maximum Gasteiger partial charge on any atom is 0.216 e. The Morgan fingerprint density at radius 1 is 1.80 bits per heavy atom. The average Bonchev–Trinajstić information content (AvgIpc) is 2.13. The van der Waals surface area contributed by atoms with Crippen LogP contribution in [0.4, 0.5) is 0 Å². The summed E-state index contributed by atoms with van der Waals surface area (Å²) in [5.41, 5.74) is 0. The minimum absolute atomic E-state index is 0.107. The third kappa shape index (κ3) is 1.53. The van der Waals surface area contributed by atoms with Gasteiger partial charge in [-0.05, 0) is 13.8 Å². The maximum absolute atomic E-state index is 10.7. The first-order valence-corrected chi connectivity index (χ1v) is 4.17. The van der Waals surface area contributed by atoms with Crippen molar-refractivity contribution in [3.8, 4) is 0 Å². The largest absolute Gasteiger partial charge is 0.497 e. The van der Waals surface area contributed by atoms with Gasteiger partial charge in [-0.25, -0.2) is 0 Å². The van der Waals surface area contributed by atoms with Crippen LogP contribution in [0.15, 0.2) is 11.8 Å². The Morgan fingerprint density at radius 3 is 2.90 bits per heavy atom. The molecule has 0 aromatic rings. The molecule has 0 saturated heterocycles. The molecule has 0 N–H and O–H groups in total. The monoisotopic (exact) mass is 158 g/mol. The van der Waals surface area contributed by atoms with Crippen LogP contribution in [0.1, 0.15) is 13.8 Å². The molecule has 10 heavy (non-hydrogen) atoms. The van der Waals surface area contributed by atoms with E-state index in [1.165, 1.54) is 11.8 Å². The number of carbonyl (C=O) groups is 1. The van der Waals surface area contributed by atoms with E-state index in [1.54, 1.807) is 6.08 Å². The Hall–Kier alpha value is -0.440. The second-order valence-electron chi connectivity index (χ2n) is 2.06. The Balaban J connectivity index is 2.56. The molecule has 2 nitrogen and oxygen atoms in total. The Kier molecular flexibility index (Phi) is 2.38. The van der Waals surface area contributed by atoms with Gasteiger partial charge in [0.2, 0.25) is 5.12 Å². The van der Waals surface area contributed by atoms with Crippen molar-refractivity contribution in [1.29, 1.82) is 0 Å². The Labute approximate surface area is 64.6 Å². The lowest BCUT2D eigenvalue weighted by atomic mass is 10.4. The summed E-state index contributed by atoms with van der Waals surface area (Å²) in [4.78, 5) is 10.7. The van der Waals surface area contributed by atoms with Gasteiger partial charge >= 0.3 is 0 Å². The van der Waals surface area contributed by atoms with Crippen LogP contribution in [0.5, 0.6) is 0 Å². The highest BCUT2D eigenvalue weighted by Gasteiger charge is 2.22. The molecule has 0 aromatic carbocycles. The van der Waals surface area contributed by atoms with Crippen molar-refractivity contribution in [2.24, 2.45) is 0 Å². The molecule has 1 rings (SSSR count). The molecule has 3 heteroatoms. The van der Waals surface area contributed by atoms with E-state index >= 15 is 0 Å². The number of carbonyl (C=O) groups excluding carboxylic acids is 1. The molecule has 0 aromatic heterocycles. The zero-order chi connectivity index (χ0) is 7.56. The van der Waals surface area contributed by atoms with E-state index < -0.39 is 0 Å². The minimum Gasteiger partial charge on any atom is -0.497 e. The molecular formula is C7H10O2S. The maximum atomic E-state index is 10.7. The van der Waals surface area contributed by atoms with Crippen LogP contribution in [-0.2, 0) is 9.53 Å². The molecule has 1 aliphatic rings. The van der Waals surface area contributed by atoms with E-state index in [2.05, 4.69) is 0 Å². The van der Waals surface area contributed by atoms with Gasteiger partial charge in [0.1, 0.15) is 5.76 Å². The van der Waals surface area contributed by atoms with E-state index in [0.29, 0.717) is 6.61 Å². The van der Waals surface area contributed by atoms with Crippen molar-refractivity contribution in [3.63, 3.8) is 0 Å². The molecule has 0 amide bonds. The summed E-state index contributed by atoms with van der Waals surface area (Å²) in [6.07, 6.45) is 1.57. The van der Waals surface area contributed by atoms with Gasteiger partial charge in [-0.2, -0.15) is 0 Å². The molecule has 0 radical (unpaired) electrons. The number of hydrogen-bond donors (Lipinski definition) is 0. The first-order valence-electron chi connectivity index (χ1n) is 3.29. The number of hydrogen-bond acceptors (Lipinski definition) is 3. The predicted octanol–water partition coefficient (Wildman–Crippen LogP) is 1.57. The van der Waals surface area contributed by atoms with Gasteiger partial charge in [0.05, 0.1) is 11.9 Å². The topological polar surface area (TPSA) is 26.3 Å². The fourth-order valence-corrected chi connectivity index (χ4v) is 1.61. The lowest BCUT2D eigenvalue weighted by Crippen LogP contribution is -2.00. The van der Waals surface area contributed by atoms with E-state index in [0.717, 1.165) is 5.76 Å². The molecule has 1 atom stereocenters. The highest BCUT2D eigenvalue weighted by atomic mass is 32.2. The average molecular weight is 158 g/mol. The number of ether oxygens (including phenoxy) is 1. The molecular weight excluding hydrogens is 148 g/mol. The molecule has 0 bridgehead atoms. The van der Waals surface area contributed by atoms with Crippen molar-refractivity contribution in [2.75, 3.05) is 6.61 Å². The van der Waals surface area contributed by atoms with Crippen LogP contribution in [0, 0.1) is 0 Å². The molecule has 0 saturated carbocycles. The summed E-state index contributed by atoms with van der Waals surface area (Å²) in [5, 5.41) is 0.323. The summed E-state index contributed by atoms with van der Waals surface area (Å²) >= 11 is 1.31. The zero-order valence-electron chi connectivity index (χ0n) is 6.09. The molecule has 0 fully saturated rings. The molecule has 1 aliphatic heterocycles. The summed E-state index contributed by atoms with van der Waals surface area (Å²) in [6.45, 7) is 4.53. The van der Waals surface area contributed by atoms with Crippen molar-refractivity contribution in [1.82, 2.24) is 0 Å². The Morgan fingerprint density at radius 2 is 2.50 bits per heavy atom. The van der Waals surface area contributed by atoms with Gasteiger partial charge in [-0.1, -0.05) is 11.8 Å². The molecule has 56 valence electrons. The highest BCUT2D eigenvalue weighted by Crippen LogP contribution is 2.28. The first kappa shape index (κ1) is 7.66. The van der Waals surface area contributed by atoms with Crippen LogP contribution in [0.3, 0.4) is 0 Å². The van der Waals surface area contributed by atoms with Gasteiger partial charge in [-0.3, -0.25) is 4.79 Å². The van der Waals surface area contributed by atoms with E-state index in [9.17, 15) is 4.79 Å². The quantitative estimate of drug-likeness (QED) is 0.610. The van der Waals surface area contributed by atoms with Gasteiger partial charge in [-0.15, -0.1) is 0 Å². The van der Waals surface area contributed by atoms with E-state index in [4.69, 9.17) is 4.74 Å². The number of rotatable bonds is 2. The molecule has 1 heterocycles. The normalized spacial score (nSPS) is 24.8. The zero-order valence-corrected chi connectivity index (χ0v) is 6.90. The summed E-state index contributed by atoms with van der Waals surface area (Å²) in [5.74, 6) is 0.817. The minimum atomic E-state index is 0.107. The highest BCUT2D eigenvalue weighted by molar-refractivity contribution is 8.15. The van der Waals surface area contributed by atoms with Crippen molar-refractivity contribution in [3.05, 3.63) is 11.8 Å². The smallest absolute Gasteiger partial charge is 0.216 e. The fraction of sp³-hybridized carbons (Fsp3) is 0.571. The second-order valence-corrected chi connectivity index (χ2v) is 3.40. The van der Waals surface area contributed by atoms with E-state index in [1.807, 2.05) is 13.8 Å². The SMILES string of the molecule is CCOC1=CC(=O)S[C@@H]1C. The van der Waals surface area contributed by atoms with Crippen molar-refractivity contribution >= 4 is 16.9 Å². The van der Waals surface area contributed by atoms with E-state index in [-0.39, 0.29) is 10.4 Å². The summed E-state index contributed by atoms with van der Waals surface area (Å²) in [6, 6.07) is 0. The second kappa shape index (κ2) is 3.10. The third-order valence-corrected chi connectivity index (χ3v) is 2.20. The van der Waals surface area contributed by atoms with Crippen LogP contribution in [-0.4, -0.2) is 17.0 Å². The summed E-state index contributed by atoms with van der Waals surface area (Å²) < 4.78 is 5.20. The first-order chi connectivity index (χ1) is 4.74. The van der Waals surface area contributed by atoms with Gasteiger partial charge in [0.25, 0.3) is 0 Å². The predicted molar refractivity (Wildman–Crippen MR) is 41.8 cm³/mol. The lowest BCUT2D eigenvalue weighted by Gasteiger charge is -2.06. The van der Waals surface area contributed by atoms with Crippen LogP contribution < -0.4 is 0 Å². The lowest BCUT2D eigenvalue weighted by molar-refractivity contribution is -0.107. The number of thioether (sulfide) groups is 1. The molecule has 0 aliphatic carbocycles. The van der Waals surface area contributed by atoms with Crippen LogP contribution in [0.2, 0.25) is 0 Å². The van der Waals surface area contributed by atoms with Crippen molar-refractivity contribution < 1.29 is 9.53 Å². The van der Waals surface area contributed by atoms with Crippen LogP contribution in [0.25, 0.3) is 0 Å². The van der Waals surface area contributed by atoms with Gasteiger partial charge in [0, 0.05) is 6.08 Å². The standard InChI is InChI=1S/C7H10O2S/c1-3-9-6-4-7(8)10-5(6)2/h4-5H,3H2,1-2H3/t5-/m1/s1. The van der Waals surface area contributed by atoms with Crippen LogP contribution >= 0.6 is 11.8 Å².